The molecule has 21 heavy (non-hydrogen) atoms. The molecule has 0 aliphatic heterocycles. The molecular weight excluding hydrogens is 317 g/mol. The number of fused-ring (bicyclic) bond motifs is 1. The Morgan fingerprint density at radius 1 is 1.10 bits per heavy atom. The van der Waals surface area contributed by atoms with Gasteiger partial charge in [-0.3, -0.25) is 4.57 Å². The number of benzene rings is 2. The minimum atomic E-state index is -0.687. The van der Waals surface area contributed by atoms with Crippen molar-refractivity contribution in [1.29, 1.82) is 0 Å². The third-order valence-electron chi connectivity index (χ3n) is 3.15. The van der Waals surface area contributed by atoms with Gasteiger partial charge in [0.25, 0.3) is 0 Å². The van der Waals surface area contributed by atoms with Crippen LogP contribution in [0.2, 0.25) is 5.02 Å². The van der Waals surface area contributed by atoms with Gasteiger partial charge in [0.05, 0.1) is 5.52 Å². The number of hydrogen-bond acceptors (Lipinski definition) is 1. The molecule has 0 atom stereocenters. The molecule has 6 heteroatoms. The molecule has 0 amide bonds. The minimum absolute atomic E-state index is 0.131. The molecule has 0 saturated carbocycles. The van der Waals surface area contributed by atoms with Gasteiger partial charge in [0.15, 0.2) is 5.82 Å². The van der Waals surface area contributed by atoms with Gasteiger partial charge >= 0.3 is 0 Å². The van der Waals surface area contributed by atoms with Gasteiger partial charge in [-0.15, -0.1) is 11.6 Å². The molecule has 108 valence electrons. The molecule has 0 aliphatic rings. The fraction of sp³-hybridized carbons (Fsp3) is 0.133. The topological polar surface area (TPSA) is 17.8 Å². The van der Waals surface area contributed by atoms with Crippen LogP contribution in [0.3, 0.4) is 0 Å². The van der Waals surface area contributed by atoms with Crippen molar-refractivity contribution in [2.75, 3.05) is 5.88 Å². The number of hydrogen-bond donors (Lipinski definition) is 0. The van der Waals surface area contributed by atoms with E-state index in [0.29, 0.717) is 28.7 Å². The Morgan fingerprint density at radius 2 is 1.81 bits per heavy atom. The Balaban J connectivity index is 2.32. The highest BCUT2D eigenvalue weighted by Gasteiger charge is 2.16. The van der Waals surface area contributed by atoms with Crippen LogP contribution in [-0.4, -0.2) is 15.4 Å². The number of imidazole rings is 1. The zero-order valence-corrected chi connectivity index (χ0v) is 12.3. The van der Waals surface area contributed by atoms with Crippen molar-refractivity contribution in [3.63, 3.8) is 0 Å². The van der Waals surface area contributed by atoms with Crippen LogP contribution in [0.15, 0.2) is 36.4 Å². The summed E-state index contributed by atoms with van der Waals surface area (Å²) in [5, 5.41) is 0.583. The van der Waals surface area contributed by atoms with E-state index in [1.54, 1.807) is 28.8 Å². The summed E-state index contributed by atoms with van der Waals surface area (Å²) >= 11 is 11.7. The van der Waals surface area contributed by atoms with Crippen molar-refractivity contribution < 1.29 is 8.78 Å². The SMILES string of the molecule is Fc1cc(F)c2nc(CCCl)n(-c3ccc(Cl)cc3)c2c1. The van der Waals surface area contributed by atoms with Crippen molar-refractivity contribution in [1.82, 2.24) is 9.55 Å². The van der Waals surface area contributed by atoms with Crippen LogP contribution < -0.4 is 0 Å². The normalized spacial score (nSPS) is 11.2. The zero-order chi connectivity index (χ0) is 15.0. The van der Waals surface area contributed by atoms with Crippen LogP contribution in [0.5, 0.6) is 0 Å². The second-order valence-corrected chi connectivity index (χ2v) is 5.35. The summed E-state index contributed by atoms with van der Waals surface area (Å²) < 4.78 is 29.1. The first-order valence-electron chi connectivity index (χ1n) is 6.28. The molecule has 0 spiro atoms. The lowest BCUT2D eigenvalue weighted by Gasteiger charge is -2.08. The van der Waals surface area contributed by atoms with Crippen LogP contribution in [0.4, 0.5) is 8.78 Å². The van der Waals surface area contributed by atoms with Crippen molar-refractivity contribution in [2.24, 2.45) is 0 Å². The molecule has 0 fully saturated rings. The maximum absolute atomic E-state index is 13.9. The Morgan fingerprint density at radius 3 is 2.48 bits per heavy atom. The molecule has 0 radical (unpaired) electrons. The fourth-order valence-electron chi connectivity index (χ4n) is 2.28. The second-order valence-electron chi connectivity index (χ2n) is 4.53. The molecule has 0 unspecified atom stereocenters. The molecule has 0 saturated heterocycles. The van der Waals surface area contributed by atoms with E-state index in [1.165, 1.54) is 6.07 Å². The average molecular weight is 327 g/mol. The Labute approximate surface area is 129 Å². The smallest absolute Gasteiger partial charge is 0.153 e. The van der Waals surface area contributed by atoms with Crippen molar-refractivity contribution in [2.45, 2.75) is 6.42 Å². The molecule has 1 heterocycles. The van der Waals surface area contributed by atoms with E-state index in [-0.39, 0.29) is 5.52 Å². The highest BCUT2D eigenvalue weighted by atomic mass is 35.5. The Bertz CT molecular complexity index is 798. The quantitative estimate of drug-likeness (QED) is 0.636. The second kappa shape index (κ2) is 5.62. The van der Waals surface area contributed by atoms with Crippen LogP contribution in [0, 0.1) is 11.6 Å². The number of rotatable bonds is 3. The lowest BCUT2D eigenvalue weighted by Crippen LogP contribution is -2.02. The van der Waals surface area contributed by atoms with Gasteiger partial charge in [0.1, 0.15) is 17.2 Å². The van der Waals surface area contributed by atoms with Crippen molar-refractivity contribution >= 4 is 34.2 Å². The van der Waals surface area contributed by atoms with E-state index >= 15 is 0 Å². The molecular formula is C15H10Cl2F2N2. The molecule has 2 nitrogen and oxygen atoms in total. The van der Waals surface area contributed by atoms with Gasteiger partial charge in [-0.05, 0) is 24.3 Å². The number of nitrogens with zero attached hydrogens (tertiary/aromatic N) is 2. The number of alkyl halides is 1. The van der Waals surface area contributed by atoms with Gasteiger partial charge in [0, 0.05) is 35.1 Å². The lowest BCUT2D eigenvalue weighted by molar-refractivity contribution is 0.590. The first kappa shape index (κ1) is 14.3. The van der Waals surface area contributed by atoms with Crippen molar-refractivity contribution in [3.8, 4) is 5.69 Å². The van der Waals surface area contributed by atoms with Gasteiger partial charge < -0.3 is 0 Å². The number of aryl methyl sites for hydroxylation is 1. The van der Waals surface area contributed by atoms with E-state index < -0.39 is 11.6 Å². The average Bonchev–Trinajstić information content (AvgIpc) is 2.79. The van der Waals surface area contributed by atoms with Gasteiger partial charge in [0.2, 0.25) is 0 Å². The maximum atomic E-state index is 13.9. The molecule has 3 aromatic rings. The predicted octanol–water partition coefficient (Wildman–Crippen LogP) is 4.74. The number of halogens is 4. The van der Waals surface area contributed by atoms with Gasteiger partial charge in [-0.1, -0.05) is 11.6 Å². The Hall–Kier alpha value is -1.65. The van der Waals surface area contributed by atoms with Crippen LogP contribution >= 0.6 is 23.2 Å². The molecule has 3 rings (SSSR count). The summed E-state index contributed by atoms with van der Waals surface area (Å²) in [6.45, 7) is 0. The van der Waals surface area contributed by atoms with Crippen LogP contribution in [0.25, 0.3) is 16.7 Å². The van der Waals surface area contributed by atoms with Gasteiger partial charge in [-0.25, -0.2) is 13.8 Å². The molecule has 0 aliphatic carbocycles. The largest absolute Gasteiger partial charge is 0.296 e. The zero-order valence-electron chi connectivity index (χ0n) is 10.8. The predicted molar refractivity (Wildman–Crippen MR) is 80.4 cm³/mol. The maximum Gasteiger partial charge on any atom is 0.153 e. The van der Waals surface area contributed by atoms with E-state index in [0.717, 1.165) is 11.8 Å². The first-order valence-corrected chi connectivity index (χ1v) is 7.19. The first-order chi connectivity index (χ1) is 10.1. The molecule has 0 bridgehead atoms. The monoisotopic (exact) mass is 326 g/mol. The highest BCUT2D eigenvalue weighted by Crippen LogP contribution is 2.26. The molecule has 2 aromatic carbocycles. The third-order valence-corrected chi connectivity index (χ3v) is 3.59. The molecule has 0 N–H and O–H groups in total. The lowest BCUT2D eigenvalue weighted by atomic mass is 10.2. The van der Waals surface area contributed by atoms with E-state index in [1.807, 2.05) is 0 Å². The van der Waals surface area contributed by atoms with Crippen molar-refractivity contribution in [3.05, 3.63) is 58.9 Å². The standard InChI is InChI=1S/C15H10Cl2F2N2/c16-6-5-14-20-15-12(19)7-10(18)8-13(15)21(14)11-3-1-9(17)2-4-11/h1-4,7-8H,5-6H2. The third kappa shape index (κ3) is 2.61. The summed E-state index contributed by atoms with van der Waals surface area (Å²) in [7, 11) is 0. The summed E-state index contributed by atoms with van der Waals surface area (Å²) in [4.78, 5) is 4.25. The van der Waals surface area contributed by atoms with Crippen LogP contribution in [0.1, 0.15) is 5.82 Å². The minimum Gasteiger partial charge on any atom is -0.296 e. The number of aromatic nitrogens is 2. The molecule has 1 aromatic heterocycles. The van der Waals surface area contributed by atoms with Crippen LogP contribution in [-0.2, 0) is 6.42 Å². The summed E-state index contributed by atoms with van der Waals surface area (Å²) in [5.74, 6) is -0.422. The Kier molecular flexibility index (Phi) is 3.83. The summed E-state index contributed by atoms with van der Waals surface area (Å²) in [6, 6.07) is 9.05. The van der Waals surface area contributed by atoms with E-state index in [2.05, 4.69) is 4.98 Å². The van der Waals surface area contributed by atoms with E-state index in [9.17, 15) is 8.78 Å². The highest BCUT2D eigenvalue weighted by molar-refractivity contribution is 6.30. The van der Waals surface area contributed by atoms with E-state index in [4.69, 9.17) is 23.2 Å². The summed E-state index contributed by atoms with van der Waals surface area (Å²) in [6.07, 6.45) is 0.444. The van der Waals surface area contributed by atoms with Gasteiger partial charge in [-0.2, -0.15) is 0 Å². The summed E-state index contributed by atoms with van der Waals surface area (Å²) in [5.41, 5.74) is 1.23. The fourth-order valence-corrected chi connectivity index (χ4v) is 2.58.